The second kappa shape index (κ2) is 10.1. The van der Waals surface area contributed by atoms with Gasteiger partial charge in [-0.1, -0.05) is 23.7 Å². The van der Waals surface area contributed by atoms with Crippen molar-refractivity contribution in [2.75, 3.05) is 19.0 Å². The maximum atomic E-state index is 12.5. The number of amides is 3. The van der Waals surface area contributed by atoms with Crippen molar-refractivity contribution in [3.8, 4) is 5.75 Å². The van der Waals surface area contributed by atoms with Gasteiger partial charge in [-0.25, -0.2) is 4.98 Å². The molecule has 1 aromatic heterocycles. The third-order valence-corrected chi connectivity index (χ3v) is 6.51. The molecule has 10 heteroatoms. The maximum Gasteiger partial charge on any atom is 0.261 e. The Hall–Kier alpha value is -3.56. The van der Waals surface area contributed by atoms with Gasteiger partial charge in [0.25, 0.3) is 11.8 Å². The summed E-state index contributed by atoms with van der Waals surface area (Å²) in [6.45, 7) is 0.220. The van der Waals surface area contributed by atoms with Crippen molar-refractivity contribution >= 4 is 51.6 Å². The number of ketones is 1. The van der Waals surface area contributed by atoms with Crippen molar-refractivity contribution in [2.45, 2.75) is 19.3 Å². The van der Waals surface area contributed by atoms with Gasteiger partial charge >= 0.3 is 0 Å². The number of fused-ring (bicyclic) bond motifs is 1. The summed E-state index contributed by atoms with van der Waals surface area (Å²) in [5, 5.41) is 3.47. The first kappa shape index (κ1) is 23.6. The van der Waals surface area contributed by atoms with Crippen LogP contribution in [0.25, 0.3) is 0 Å². The molecule has 8 nitrogen and oxygen atoms in total. The van der Waals surface area contributed by atoms with Crippen LogP contribution in [0.2, 0.25) is 5.02 Å². The quantitative estimate of drug-likeness (QED) is 0.350. The number of carbonyl (C=O) groups is 4. The smallest absolute Gasteiger partial charge is 0.261 e. The fourth-order valence-electron chi connectivity index (χ4n) is 3.59. The van der Waals surface area contributed by atoms with E-state index in [2.05, 4.69) is 10.3 Å². The molecule has 0 unspecified atom stereocenters. The molecule has 1 aliphatic heterocycles. The van der Waals surface area contributed by atoms with Crippen molar-refractivity contribution in [2.24, 2.45) is 0 Å². The van der Waals surface area contributed by atoms with Gasteiger partial charge in [-0.15, -0.1) is 11.3 Å². The van der Waals surface area contributed by atoms with E-state index < -0.39 is 0 Å². The zero-order valence-electron chi connectivity index (χ0n) is 18.2. The van der Waals surface area contributed by atoms with E-state index in [0.29, 0.717) is 39.0 Å². The number of ether oxygens (including phenoxy) is 1. The van der Waals surface area contributed by atoms with Crippen LogP contribution in [0.15, 0.2) is 48.7 Å². The first-order chi connectivity index (χ1) is 16.4. The van der Waals surface area contributed by atoms with Crippen LogP contribution in [-0.4, -0.2) is 47.0 Å². The number of aromatic nitrogens is 1. The van der Waals surface area contributed by atoms with Gasteiger partial charge in [-0.3, -0.25) is 24.1 Å². The molecule has 1 aliphatic rings. The minimum absolute atomic E-state index is 0.0134. The summed E-state index contributed by atoms with van der Waals surface area (Å²) in [7, 11) is 1.46. The molecule has 0 spiro atoms. The molecule has 2 heterocycles. The van der Waals surface area contributed by atoms with Gasteiger partial charge in [0.1, 0.15) is 5.75 Å². The lowest BCUT2D eigenvalue weighted by atomic mass is 10.1. The van der Waals surface area contributed by atoms with Gasteiger partial charge in [-0.2, -0.15) is 0 Å². The number of methoxy groups -OCH3 is 1. The first-order valence-electron chi connectivity index (χ1n) is 10.4. The normalized spacial score (nSPS) is 12.6. The third-order valence-electron chi connectivity index (χ3n) is 5.30. The minimum Gasteiger partial charge on any atom is -0.496 e. The molecule has 2 aromatic carbocycles. The molecular formula is C24H20ClN3O5S. The largest absolute Gasteiger partial charge is 0.496 e. The summed E-state index contributed by atoms with van der Waals surface area (Å²) in [6, 6.07) is 11.5. The zero-order chi connectivity index (χ0) is 24.2. The van der Waals surface area contributed by atoms with Crippen LogP contribution in [-0.2, 0) is 11.2 Å². The molecule has 174 valence electrons. The molecule has 3 amide bonds. The summed E-state index contributed by atoms with van der Waals surface area (Å²) in [5.41, 5.74) is 1.15. The van der Waals surface area contributed by atoms with E-state index in [-0.39, 0.29) is 42.9 Å². The van der Waals surface area contributed by atoms with Crippen LogP contribution in [0.5, 0.6) is 5.75 Å². The Balaban J connectivity index is 1.28. The molecule has 0 saturated heterocycles. The second-order valence-corrected chi connectivity index (χ2v) is 9.06. The van der Waals surface area contributed by atoms with E-state index in [0.717, 1.165) is 4.88 Å². The third kappa shape index (κ3) is 5.00. The van der Waals surface area contributed by atoms with Crippen LogP contribution in [0.3, 0.4) is 0 Å². The lowest BCUT2D eigenvalue weighted by molar-refractivity contribution is -0.116. The van der Waals surface area contributed by atoms with E-state index >= 15 is 0 Å². The highest BCUT2D eigenvalue weighted by Gasteiger charge is 2.34. The van der Waals surface area contributed by atoms with Crippen LogP contribution in [0, 0.1) is 0 Å². The van der Waals surface area contributed by atoms with E-state index in [4.69, 9.17) is 16.3 Å². The lowest BCUT2D eigenvalue weighted by Gasteiger charge is -2.12. The SMILES string of the molecule is COc1ccc(Cl)cc1C(=O)CCC(=O)Nc1ncc(CCN2C(=O)c3ccccc3C2=O)s1. The lowest BCUT2D eigenvalue weighted by Crippen LogP contribution is -2.31. The van der Waals surface area contributed by atoms with Crippen molar-refractivity contribution < 1.29 is 23.9 Å². The highest BCUT2D eigenvalue weighted by molar-refractivity contribution is 7.15. The summed E-state index contributed by atoms with van der Waals surface area (Å²) in [5.74, 6) is -0.817. The Labute approximate surface area is 204 Å². The maximum absolute atomic E-state index is 12.5. The number of nitrogens with zero attached hydrogens (tertiary/aromatic N) is 2. The number of anilines is 1. The molecule has 1 N–H and O–H groups in total. The number of halogens is 1. The van der Waals surface area contributed by atoms with E-state index in [9.17, 15) is 19.2 Å². The number of rotatable bonds is 9. The number of hydrogen-bond acceptors (Lipinski definition) is 7. The second-order valence-electron chi connectivity index (χ2n) is 7.51. The topological polar surface area (TPSA) is 106 Å². The van der Waals surface area contributed by atoms with Crippen molar-refractivity contribution in [1.29, 1.82) is 0 Å². The predicted octanol–water partition coefficient (Wildman–Crippen LogP) is 4.25. The standard InChI is InChI=1S/C24H20ClN3O5S/c1-33-20-8-6-14(25)12-18(20)19(29)7-9-21(30)27-24-26-13-15(34-24)10-11-28-22(31)16-4-2-3-5-17(16)23(28)32/h2-6,8,12-13H,7,9-11H2,1H3,(H,26,27,30). The molecule has 4 rings (SSSR count). The van der Waals surface area contributed by atoms with Gasteiger partial charge in [0.2, 0.25) is 5.91 Å². The molecule has 0 aliphatic carbocycles. The molecule has 0 bridgehead atoms. The zero-order valence-corrected chi connectivity index (χ0v) is 19.7. The number of nitrogens with one attached hydrogen (secondary N) is 1. The summed E-state index contributed by atoms with van der Waals surface area (Å²) in [4.78, 5) is 55.9. The number of carbonyl (C=O) groups excluding carboxylic acids is 4. The molecule has 0 atom stereocenters. The number of Topliss-reactive ketones (excluding diaryl/α,β-unsaturated/α-hetero) is 1. The monoisotopic (exact) mass is 497 g/mol. The highest BCUT2D eigenvalue weighted by atomic mass is 35.5. The number of benzene rings is 2. The molecule has 0 radical (unpaired) electrons. The molecule has 3 aromatic rings. The molecule has 34 heavy (non-hydrogen) atoms. The van der Waals surface area contributed by atoms with Gasteiger partial charge < -0.3 is 10.1 Å². The van der Waals surface area contributed by atoms with Gasteiger partial charge in [0.05, 0.1) is 23.8 Å². The fraction of sp³-hybridized carbons (Fsp3) is 0.208. The first-order valence-corrected chi connectivity index (χ1v) is 11.6. The van der Waals surface area contributed by atoms with E-state index in [1.165, 1.54) is 29.4 Å². The fourth-order valence-corrected chi connectivity index (χ4v) is 4.58. The van der Waals surface area contributed by atoms with Crippen LogP contribution < -0.4 is 10.1 Å². The Morgan fingerprint density at radius 3 is 2.47 bits per heavy atom. The van der Waals surface area contributed by atoms with E-state index in [1.807, 2.05) is 0 Å². The van der Waals surface area contributed by atoms with Crippen molar-refractivity contribution in [3.63, 3.8) is 0 Å². The Morgan fingerprint density at radius 1 is 1.09 bits per heavy atom. The molecule has 0 fully saturated rings. The average molecular weight is 498 g/mol. The Morgan fingerprint density at radius 2 is 1.79 bits per heavy atom. The van der Waals surface area contributed by atoms with E-state index in [1.54, 1.807) is 42.6 Å². The predicted molar refractivity (Wildman–Crippen MR) is 128 cm³/mol. The Bertz CT molecular complexity index is 1250. The number of hydrogen-bond donors (Lipinski definition) is 1. The highest BCUT2D eigenvalue weighted by Crippen LogP contribution is 2.26. The van der Waals surface area contributed by atoms with Crippen LogP contribution >= 0.6 is 22.9 Å². The molecule has 0 saturated carbocycles. The number of imide groups is 1. The van der Waals surface area contributed by atoms with Crippen molar-refractivity contribution in [1.82, 2.24) is 9.88 Å². The summed E-state index contributed by atoms with van der Waals surface area (Å²) in [6.07, 6.45) is 1.98. The van der Waals surface area contributed by atoms with Crippen LogP contribution in [0.4, 0.5) is 5.13 Å². The summed E-state index contributed by atoms with van der Waals surface area (Å²) >= 11 is 7.22. The molecular weight excluding hydrogens is 478 g/mol. The van der Waals surface area contributed by atoms with Crippen LogP contribution in [0.1, 0.15) is 48.8 Å². The Kier molecular flexibility index (Phi) is 7.04. The average Bonchev–Trinajstić information content (AvgIpc) is 3.38. The van der Waals surface area contributed by atoms with Crippen molar-refractivity contribution in [3.05, 3.63) is 75.3 Å². The number of thiazole rings is 1. The van der Waals surface area contributed by atoms with Gasteiger partial charge in [0.15, 0.2) is 10.9 Å². The van der Waals surface area contributed by atoms with Gasteiger partial charge in [0, 0.05) is 41.9 Å². The van der Waals surface area contributed by atoms with Gasteiger partial charge in [-0.05, 0) is 30.3 Å². The summed E-state index contributed by atoms with van der Waals surface area (Å²) < 4.78 is 5.18. The minimum atomic E-state index is -0.351.